The number of aliphatic hydroxyl groups is 1. The summed E-state index contributed by atoms with van der Waals surface area (Å²) < 4.78 is 0. The molecule has 3 nitrogen and oxygen atoms in total. The third-order valence-electron chi connectivity index (χ3n) is 4.26. The van der Waals surface area contributed by atoms with Gasteiger partial charge in [0.25, 0.3) is 0 Å². The van der Waals surface area contributed by atoms with Crippen molar-refractivity contribution in [1.29, 1.82) is 0 Å². The highest BCUT2D eigenvalue weighted by molar-refractivity contribution is 5.87. The fraction of sp³-hybridized carbons (Fsp3) is 0.412. The molecule has 2 aromatic rings. The first-order valence-electron chi connectivity index (χ1n) is 7.32. The number of rotatable bonds is 4. The smallest absolute Gasteiger partial charge is 0.120 e. The highest BCUT2D eigenvalue weighted by Crippen LogP contribution is 2.28. The molecule has 0 amide bonds. The van der Waals surface area contributed by atoms with Crippen LogP contribution in [-0.2, 0) is 6.54 Å². The van der Waals surface area contributed by atoms with Crippen molar-refractivity contribution in [3.8, 4) is 5.75 Å². The normalized spacial score (nSPS) is 22.4. The lowest BCUT2D eigenvalue weighted by molar-refractivity contribution is 0.177. The Morgan fingerprint density at radius 2 is 1.95 bits per heavy atom. The van der Waals surface area contributed by atoms with Crippen molar-refractivity contribution in [2.45, 2.75) is 31.9 Å². The van der Waals surface area contributed by atoms with Gasteiger partial charge >= 0.3 is 0 Å². The van der Waals surface area contributed by atoms with Crippen LogP contribution in [0.5, 0.6) is 5.75 Å². The van der Waals surface area contributed by atoms with Crippen LogP contribution in [0.2, 0.25) is 0 Å². The van der Waals surface area contributed by atoms with Gasteiger partial charge in [0, 0.05) is 12.1 Å². The van der Waals surface area contributed by atoms with Gasteiger partial charge in [0.15, 0.2) is 0 Å². The lowest BCUT2D eigenvalue weighted by Crippen LogP contribution is -2.21. The summed E-state index contributed by atoms with van der Waals surface area (Å²) >= 11 is 0. The second kappa shape index (κ2) is 5.81. The fourth-order valence-corrected chi connectivity index (χ4v) is 3.15. The van der Waals surface area contributed by atoms with Crippen LogP contribution in [0, 0.1) is 5.92 Å². The molecule has 0 bridgehead atoms. The summed E-state index contributed by atoms with van der Waals surface area (Å²) in [5.74, 6) is 0.907. The molecule has 2 atom stereocenters. The highest BCUT2D eigenvalue weighted by Gasteiger charge is 2.22. The molecule has 106 valence electrons. The van der Waals surface area contributed by atoms with Crippen molar-refractivity contribution in [1.82, 2.24) is 5.32 Å². The van der Waals surface area contributed by atoms with Crippen LogP contribution in [0.4, 0.5) is 0 Å². The van der Waals surface area contributed by atoms with Crippen molar-refractivity contribution >= 4 is 10.8 Å². The number of fused-ring (bicyclic) bond motifs is 1. The standard InChI is InChI=1S/C17H21NO2/c19-14-7-5-12(9-14)10-18-11-16-15-4-2-1-3-13(15)6-8-17(16)20/h1-4,6,8,12,14,18-20H,5,7,9-11H2. The van der Waals surface area contributed by atoms with Gasteiger partial charge in [0.1, 0.15) is 5.75 Å². The minimum absolute atomic E-state index is 0.118. The Hall–Kier alpha value is -1.58. The van der Waals surface area contributed by atoms with E-state index < -0.39 is 0 Å². The molecule has 0 aromatic heterocycles. The third-order valence-corrected chi connectivity index (χ3v) is 4.26. The number of nitrogens with one attached hydrogen (secondary N) is 1. The van der Waals surface area contributed by atoms with E-state index in [1.807, 2.05) is 24.3 Å². The molecule has 1 saturated carbocycles. The molecule has 1 aliphatic carbocycles. The minimum Gasteiger partial charge on any atom is -0.508 e. The van der Waals surface area contributed by atoms with Crippen molar-refractivity contribution in [3.05, 3.63) is 42.0 Å². The van der Waals surface area contributed by atoms with Crippen LogP contribution in [0.3, 0.4) is 0 Å². The second-order valence-corrected chi connectivity index (χ2v) is 5.75. The lowest BCUT2D eigenvalue weighted by Gasteiger charge is -2.13. The number of aliphatic hydroxyl groups excluding tert-OH is 1. The van der Waals surface area contributed by atoms with E-state index in [9.17, 15) is 10.2 Å². The van der Waals surface area contributed by atoms with Crippen LogP contribution in [0.25, 0.3) is 10.8 Å². The number of hydrogen-bond acceptors (Lipinski definition) is 3. The molecule has 2 unspecified atom stereocenters. The summed E-state index contributed by atoms with van der Waals surface area (Å²) in [5.41, 5.74) is 0.960. The molecular formula is C17H21NO2. The largest absolute Gasteiger partial charge is 0.508 e. The first kappa shape index (κ1) is 13.4. The Morgan fingerprint density at radius 1 is 1.10 bits per heavy atom. The number of phenols is 1. The van der Waals surface area contributed by atoms with E-state index in [-0.39, 0.29) is 6.10 Å². The zero-order valence-corrected chi connectivity index (χ0v) is 11.5. The number of hydrogen-bond donors (Lipinski definition) is 3. The minimum atomic E-state index is -0.118. The summed E-state index contributed by atoms with van der Waals surface area (Å²) in [6, 6.07) is 11.8. The van der Waals surface area contributed by atoms with Gasteiger partial charge in [-0.1, -0.05) is 30.3 Å². The Kier molecular flexibility index (Phi) is 3.90. The maximum Gasteiger partial charge on any atom is 0.120 e. The number of benzene rings is 2. The van der Waals surface area contributed by atoms with Gasteiger partial charge in [-0.3, -0.25) is 0 Å². The van der Waals surface area contributed by atoms with Crippen molar-refractivity contribution in [2.75, 3.05) is 6.54 Å². The Bertz CT molecular complexity index is 597. The van der Waals surface area contributed by atoms with Crippen LogP contribution in [0.15, 0.2) is 36.4 Å². The Balaban J connectivity index is 1.69. The van der Waals surface area contributed by atoms with Crippen LogP contribution in [-0.4, -0.2) is 22.9 Å². The van der Waals surface area contributed by atoms with E-state index >= 15 is 0 Å². The maximum atomic E-state index is 10.1. The quantitative estimate of drug-likeness (QED) is 0.801. The van der Waals surface area contributed by atoms with E-state index in [2.05, 4.69) is 11.4 Å². The van der Waals surface area contributed by atoms with E-state index in [1.165, 1.54) is 0 Å². The van der Waals surface area contributed by atoms with E-state index in [0.29, 0.717) is 18.2 Å². The molecule has 3 heteroatoms. The van der Waals surface area contributed by atoms with Crippen molar-refractivity contribution in [2.24, 2.45) is 5.92 Å². The van der Waals surface area contributed by atoms with E-state index in [0.717, 1.165) is 42.1 Å². The first-order chi connectivity index (χ1) is 9.74. The SMILES string of the molecule is Oc1ccc2ccccc2c1CNCC1CCC(O)C1. The summed E-state index contributed by atoms with van der Waals surface area (Å²) in [6.07, 6.45) is 2.79. The zero-order chi connectivity index (χ0) is 13.9. The molecule has 1 fully saturated rings. The topological polar surface area (TPSA) is 52.5 Å². The average molecular weight is 271 g/mol. The van der Waals surface area contributed by atoms with Gasteiger partial charge in [0.2, 0.25) is 0 Å². The van der Waals surface area contributed by atoms with Crippen molar-refractivity contribution in [3.63, 3.8) is 0 Å². The monoisotopic (exact) mass is 271 g/mol. The maximum absolute atomic E-state index is 10.1. The van der Waals surface area contributed by atoms with Crippen LogP contribution >= 0.6 is 0 Å². The van der Waals surface area contributed by atoms with Gasteiger partial charge < -0.3 is 15.5 Å². The van der Waals surface area contributed by atoms with Crippen molar-refractivity contribution < 1.29 is 10.2 Å². The molecule has 3 N–H and O–H groups in total. The predicted molar refractivity (Wildman–Crippen MR) is 80.7 cm³/mol. The Labute approximate surface area is 119 Å². The summed E-state index contributed by atoms with van der Waals surface area (Å²) in [4.78, 5) is 0. The summed E-state index contributed by atoms with van der Waals surface area (Å²) in [6.45, 7) is 1.57. The molecule has 0 aliphatic heterocycles. The third kappa shape index (κ3) is 2.79. The predicted octanol–water partition coefficient (Wildman–Crippen LogP) is 2.80. The molecule has 0 spiro atoms. The molecule has 0 saturated heterocycles. The molecular weight excluding hydrogens is 250 g/mol. The molecule has 3 rings (SSSR count). The molecule has 20 heavy (non-hydrogen) atoms. The Morgan fingerprint density at radius 3 is 2.75 bits per heavy atom. The summed E-state index contributed by atoms with van der Waals surface area (Å²) in [7, 11) is 0. The fourth-order valence-electron chi connectivity index (χ4n) is 3.15. The average Bonchev–Trinajstić information content (AvgIpc) is 2.87. The van der Waals surface area contributed by atoms with Gasteiger partial charge in [-0.15, -0.1) is 0 Å². The first-order valence-corrected chi connectivity index (χ1v) is 7.32. The zero-order valence-electron chi connectivity index (χ0n) is 11.5. The van der Waals surface area contributed by atoms with Crippen LogP contribution < -0.4 is 5.32 Å². The number of aromatic hydroxyl groups is 1. The number of phenolic OH excluding ortho intramolecular Hbond substituents is 1. The molecule has 2 aromatic carbocycles. The van der Waals surface area contributed by atoms with Gasteiger partial charge in [0.05, 0.1) is 6.10 Å². The highest BCUT2D eigenvalue weighted by atomic mass is 16.3. The molecule has 0 heterocycles. The summed E-state index contributed by atoms with van der Waals surface area (Å²) in [5, 5.41) is 25.3. The lowest BCUT2D eigenvalue weighted by atomic mass is 10.0. The van der Waals surface area contributed by atoms with E-state index in [4.69, 9.17) is 0 Å². The van der Waals surface area contributed by atoms with Gasteiger partial charge in [-0.2, -0.15) is 0 Å². The van der Waals surface area contributed by atoms with Gasteiger partial charge in [-0.25, -0.2) is 0 Å². The molecule has 1 aliphatic rings. The second-order valence-electron chi connectivity index (χ2n) is 5.75. The van der Waals surface area contributed by atoms with Crippen LogP contribution in [0.1, 0.15) is 24.8 Å². The van der Waals surface area contributed by atoms with Gasteiger partial charge in [-0.05, 0) is 48.6 Å². The molecule has 0 radical (unpaired) electrons. The van der Waals surface area contributed by atoms with E-state index in [1.54, 1.807) is 6.07 Å².